The Morgan fingerprint density at radius 3 is 2.71 bits per heavy atom. The molecule has 0 aromatic heterocycles. The van der Waals surface area contributed by atoms with E-state index >= 15 is 0 Å². The first kappa shape index (κ1) is 9.41. The second-order valence-electron chi connectivity index (χ2n) is 3.29. The Morgan fingerprint density at radius 2 is 1.93 bits per heavy atom. The molecule has 0 spiro atoms. The molecule has 2 aromatic carbocycles. The maximum atomic E-state index is 6.09. The normalized spacial score (nSPS) is 10.6. The molecular formula is C12H13NS. The number of hydrogen-bond donors (Lipinski definition) is 1. The lowest BCUT2D eigenvalue weighted by Gasteiger charge is -2.07. The van der Waals surface area contributed by atoms with E-state index in [-0.39, 0.29) is 0 Å². The van der Waals surface area contributed by atoms with Crippen LogP contribution in [0.3, 0.4) is 0 Å². The zero-order chi connectivity index (χ0) is 9.97. The maximum Gasteiger partial charge on any atom is 0.0434 e. The Morgan fingerprint density at radius 1 is 1.14 bits per heavy atom. The first-order chi connectivity index (χ1) is 6.83. The van der Waals surface area contributed by atoms with Crippen molar-refractivity contribution in [3.8, 4) is 0 Å². The highest BCUT2D eigenvalue weighted by Crippen LogP contribution is 2.26. The van der Waals surface area contributed by atoms with Crippen molar-refractivity contribution < 1.29 is 0 Å². The van der Waals surface area contributed by atoms with Crippen molar-refractivity contribution in [2.45, 2.75) is 5.75 Å². The van der Waals surface area contributed by atoms with Crippen molar-refractivity contribution in [3.63, 3.8) is 0 Å². The summed E-state index contributed by atoms with van der Waals surface area (Å²) in [5, 5.41) is 2.38. The summed E-state index contributed by atoms with van der Waals surface area (Å²) in [5.41, 5.74) is 8.25. The standard InChI is InChI=1S/C12H13NS/c1-14-8-10-7-6-9-4-2-3-5-11(9)12(10)13/h2-7H,8,13H2,1H3. The molecule has 14 heavy (non-hydrogen) atoms. The number of hydrogen-bond acceptors (Lipinski definition) is 2. The van der Waals surface area contributed by atoms with Crippen molar-refractivity contribution in [2.75, 3.05) is 12.0 Å². The molecule has 0 fully saturated rings. The van der Waals surface area contributed by atoms with Crippen LogP contribution in [0.4, 0.5) is 5.69 Å². The summed E-state index contributed by atoms with van der Waals surface area (Å²) in [6.45, 7) is 0. The summed E-state index contributed by atoms with van der Waals surface area (Å²) in [6, 6.07) is 12.5. The van der Waals surface area contributed by atoms with Crippen LogP contribution in [0.2, 0.25) is 0 Å². The van der Waals surface area contributed by atoms with Gasteiger partial charge >= 0.3 is 0 Å². The van der Waals surface area contributed by atoms with Crippen molar-refractivity contribution in [1.29, 1.82) is 0 Å². The molecule has 2 aromatic rings. The SMILES string of the molecule is CSCc1ccc2ccccc2c1N. The number of benzene rings is 2. The quantitative estimate of drug-likeness (QED) is 0.758. The van der Waals surface area contributed by atoms with Crippen molar-refractivity contribution >= 4 is 28.2 Å². The van der Waals surface area contributed by atoms with Gasteiger partial charge in [-0.05, 0) is 17.2 Å². The summed E-state index contributed by atoms with van der Waals surface area (Å²) >= 11 is 1.80. The zero-order valence-corrected chi connectivity index (χ0v) is 8.97. The van der Waals surface area contributed by atoms with E-state index in [9.17, 15) is 0 Å². The zero-order valence-electron chi connectivity index (χ0n) is 8.16. The summed E-state index contributed by atoms with van der Waals surface area (Å²) in [4.78, 5) is 0. The number of rotatable bonds is 2. The summed E-state index contributed by atoms with van der Waals surface area (Å²) < 4.78 is 0. The summed E-state index contributed by atoms with van der Waals surface area (Å²) in [5.74, 6) is 0.983. The highest BCUT2D eigenvalue weighted by molar-refractivity contribution is 7.97. The Balaban J connectivity index is 2.63. The van der Waals surface area contributed by atoms with Crippen LogP contribution in [-0.4, -0.2) is 6.26 Å². The molecular weight excluding hydrogens is 190 g/mol. The van der Waals surface area contributed by atoms with Gasteiger partial charge in [0.1, 0.15) is 0 Å². The van der Waals surface area contributed by atoms with E-state index in [4.69, 9.17) is 5.73 Å². The summed E-state index contributed by atoms with van der Waals surface area (Å²) in [7, 11) is 0. The second kappa shape index (κ2) is 3.93. The molecule has 0 saturated heterocycles. The molecule has 0 amide bonds. The van der Waals surface area contributed by atoms with Gasteiger partial charge in [-0.2, -0.15) is 11.8 Å². The van der Waals surface area contributed by atoms with Crippen LogP contribution in [0.5, 0.6) is 0 Å². The molecule has 2 heteroatoms. The second-order valence-corrected chi connectivity index (χ2v) is 4.16. The minimum absolute atomic E-state index is 0.928. The highest BCUT2D eigenvalue weighted by atomic mass is 32.2. The van der Waals surface area contributed by atoms with Gasteiger partial charge in [0.25, 0.3) is 0 Å². The molecule has 0 unspecified atom stereocenters. The molecule has 2 rings (SSSR count). The Bertz CT molecular complexity index is 451. The van der Waals surface area contributed by atoms with Gasteiger partial charge in [0.15, 0.2) is 0 Å². The smallest absolute Gasteiger partial charge is 0.0434 e. The van der Waals surface area contributed by atoms with E-state index < -0.39 is 0 Å². The van der Waals surface area contributed by atoms with E-state index in [1.807, 2.05) is 12.1 Å². The monoisotopic (exact) mass is 203 g/mol. The Kier molecular flexibility index (Phi) is 2.64. The molecule has 0 radical (unpaired) electrons. The maximum absolute atomic E-state index is 6.09. The van der Waals surface area contributed by atoms with Crippen LogP contribution in [-0.2, 0) is 5.75 Å². The van der Waals surface area contributed by atoms with E-state index in [2.05, 4.69) is 30.5 Å². The molecule has 1 nitrogen and oxygen atoms in total. The average Bonchev–Trinajstić information content (AvgIpc) is 2.23. The first-order valence-electron chi connectivity index (χ1n) is 4.58. The van der Waals surface area contributed by atoms with Gasteiger partial charge < -0.3 is 5.73 Å². The van der Waals surface area contributed by atoms with Crippen molar-refractivity contribution in [2.24, 2.45) is 0 Å². The van der Waals surface area contributed by atoms with Gasteiger partial charge in [-0.15, -0.1) is 0 Å². The van der Waals surface area contributed by atoms with Gasteiger partial charge in [-0.3, -0.25) is 0 Å². The van der Waals surface area contributed by atoms with Gasteiger partial charge in [0, 0.05) is 16.8 Å². The molecule has 2 N–H and O–H groups in total. The van der Waals surface area contributed by atoms with E-state index in [1.165, 1.54) is 16.3 Å². The lowest BCUT2D eigenvalue weighted by molar-refractivity contribution is 1.44. The number of thioether (sulfide) groups is 1. The van der Waals surface area contributed by atoms with E-state index in [0.29, 0.717) is 0 Å². The van der Waals surface area contributed by atoms with Crippen molar-refractivity contribution in [1.82, 2.24) is 0 Å². The average molecular weight is 203 g/mol. The van der Waals surface area contributed by atoms with Crippen molar-refractivity contribution in [3.05, 3.63) is 42.0 Å². The van der Waals surface area contributed by atoms with Crippen LogP contribution >= 0.6 is 11.8 Å². The number of nitrogen functional groups attached to an aromatic ring is 1. The lowest BCUT2D eigenvalue weighted by atomic mass is 10.1. The molecule has 0 saturated carbocycles. The fraction of sp³-hybridized carbons (Fsp3) is 0.167. The largest absolute Gasteiger partial charge is 0.398 e. The third-order valence-corrected chi connectivity index (χ3v) is 2.96. The molecule has 0 aliphatic rings. The van der Waals surface area contributed by atoms with Crippen LogP contribution in [0.15, 0.2) is 36.4 Å². The van der Waals surface area contributed by atoms with E-state index in [1.54, 1.807) is 11.8 Å². The van der Waals surface area contributed by atoms with Crippen LogP contribution in [0.1, 0.15) is 5.56 Å². The molecule has 0 bridgehead atoms. The molecule has 0 heterocycles. The predicted molar refractivity (Wildman–Crippen MR) is 65.6 cm³/mol. The fourth-order valence-corrected chi connectivity index (χ4v) is 2.18. The highest BCUT2D eigenvalue weighted by Gasteiger charge is 2.02. The lowest BCUT2D eigenvalue weighted by Crippen LogP contribution is -1.93. The van der Waals surface area contributed by atoms with Gasteiger partial charge in [0.05, 0.1) is 0 Å². The number of anilines is 1. The Labute approximate surface area is 88.3 Å². The minimum atomic E-state index is 0.928. The van der Waals surface area contributed by atoms with Gasteiger partial charge in [-0.25, -0.2) is 0 Å². The summed E-state index contributed by atoms with van der Waals surface area (Å²) in [6.07, 6.45) is 2.09. The minimum Gasteiger partial charge on any atom is -0.398 e. The van der Waals surface area contributed by atoms with Crippen LogP contribution in [0, 0.1) is 0 Å². The Hall–Kier alpha value is -1.15. The topological polar surface area (TPSA) is 26.0 Å². The molecule has 0 aliphatic carbocycles. The number of nitrogens with two attached hydrogens (primary N) is 1. The van der Waals surface area contributed by atoms with Gasteiger partial charge in [-0.1, -0.05) is 36.4 Å². The first-order valence-corrected chi connectivity index (χ1v) is 5.97. The third kappa shape index (κ3) is 1.58. The number of fused-ring (bicyclic) bond motifs is 1. The predicted octanol–water partition coefficient (Wildman–Crippen LogP) is 3.29. The molecule has 0 aliphatic heterocycles. The van der Waals surface area contributed by atoms with Crippen LogP contribution in [0.25, 0.3) is 10.8 Å². The van der Waals surface area contributed by atoms with Crippen LogP contribution < -0.4 is 5.73 Å². The molecule has 72 valence electrons. The van der Waals surface area contributed by atoms with Gasteiger partial charge in [0.2, 0.25) is 0 Å². The third-order valence-electron chi connectivity index (χ3n) is 2.36. The fourth-order valence-electron chi connectivity index (χ4n) is 1.62. The van der Waals surface area contributed by atoms with E-state index in [0.717, 1.165) is 11.4 Å². The molecule has 0 atom stereocenters.